The lowest BCUT2D eigenvalue weighted by molar-refractivity contribution is -0.154. The Hall–Kier alpha value is -2.63. The summed E-state index contributed by atoms with van der Waals surface area (Å²) in [5, 5.41) is 6.50. The molecule has 0 radical (unpaired) electrons. The number of aromatic nitrogens is 3. The predicted octanol–water partition coefficient (Wildman–Crippen LogP) is 4.71. The van der Waals surface area contributed by atoms with Gasteiger partial charge in [-0.15, -0.1) is 0 Å². The lowest BCUT2D eigenvalue weighted by Crippen LogP contribution is -2.23. The van der Waals surface area contributed by atoms with Crippen LogP contribution in [0.5, 0.6) is 6.01 Å². The Morgan fingerprint density at radius 3 is 2.29 bits per heavy atom. The molecule has 2 aromatic rings. The number of carbonyl (C=O) groups is 1. The van der Waals surface area contributed by atoms with E-state index in [-0.39, 0.29) is 11.9 Å². The van der Waals surface area contributed by atoms with E-state index in [4.69, 9.17) is 4.74 Å². The first-order valence-electron chi connectivity index (χ1n) is 9.31. The van der Waals surface area contributed by atoms with E-state index in [0.29, 0.717) is 17.8 Å². The van der Waals surface area contributed by atoms with Crippen molar-refractivity contribution >= 4 is 39.5 Å². The molecule has 0 saturated carbocycles. The van der Waals surface area contributed by atoms with Crippen molar-refractivity contribution in [2.45, 2.75) is 39.0 Å². The molecule has 0 fully saturated rings. The summed E-state index contributed by atoms with van der Waals surface area (Å²) in [7, 11) is 0. The van der Waals surface area contributed by atoms with Crippen LogP contribution in [0.1, 0.15) is 37.6 Å². The van der Waals surface area contributed by atoms with Gasteiger partial charge in [0, 0.05) is 17.6 Å². The lowest BCUT2D eigenvalue weighted by Gasteiger charge is -2.19. The second kappa shape index (κ2) is 10.6. The molecule has 12 heteroatoms. The van der Waals surface area contributed by atoms with E-state index in [1.165, 1.54) is 0 Å². The van der Waals surface area contributed by atoms with Crippen LogP contribution < -0.4 is 15.4 Å². The number of hydrogen-bond acceptors (Lipinski definition) is 8. The number of halogens is 4. The molecule has 8 nitrogen and oxygen atoms in total. The summed E-state index contributed by atoms with van der Waals surface area (Å²) in [4.78, 5) is 24.0. The van der Waals surface area contributed by atoms with E-state index >= 15 is 0 Å². The number of nitrogens with one attached hydrogen (secondary N) is 2. The average molecular weight is 506 g/mol. The summed E-state index contributed by atoms with van der Waals surface area (Å²) in [5.74, 6) is -0.417. The molecule has 0 aliphatic heterocycles. The van der Waals surface area contributed by atoms with Crippen LogP contribution >= 0.6 is 15.9 Å². The molecule has 2 N–H and O–H groups in total. The third-order valence-electron chi connectivity index (χ3n) is 3.35. The minimum Gasteiger partial charge on any atom is -0.456 e. The number of alkyl halides is 4. The molecule has 0 aliphatic carbocycles. The number of esters is 1. The van der Waals surface area contributed by atoms with E-state index in [9.17, 15) is 18.0 Å². The maximum absolute atomic E-state index is 12.5. The van der Waals surface area contributed by atoms with Gasteiger partial charge in [-0.25, -0.2) is 4.79 Å². The summed E-state index contributed by atoms with van der Waals surface area (Å²) in [6.45, 7) is 4.27. The predicted molar refractivity (Wildman–Crippen MR) is 113 cm³/mol. The summed E-state index contributed by atoms with van der Waals surface area (Å²) in [5.41, 5.74) is 0.235. The molecule has 170 valence electrons. The third kappa shape index (κ3) is 9.37. The fourth-order valence-corrected chi connectivity index (χ4v) is 2.41. The van der Waals surface area contributed by atoms with E-state index in [2.05, 4.69) is 46.3 Å². The molecule has 0 amide bonds. The van der Waals surface area contributed by atoms with Crippen molar-refractivity contribution < 1.29 is 27.4 Å². The van der Waals surface area contributed by atoms with Crippen LogP contribution in [0, 0.1) is 0 Å². The van der Waals surface area contributed by atoms with Gasteiger partial charge in [-0.1, -0.05) is 15.9 Å². The molecule has 1 aromatic carbocycles. The van der Waals surface area contributed by atoms with Crippen molar-refractivity contribution in [3.05, 3.63) is 29.8 Å². The third-order valence-corrected chi connectivity index (χ3v) is 3.91. The van der Waals surface area contributed by atoms with Crippen LogP contribution in [0.25, 0.3) is 0 Å². The first kappa shape index (κ1) is 24.6. The van der Waals surface area contributed by atoms with Crippen molar-refractivity contribution in [3.63, 3.8) is 0 Å². The molecule has 0 aliphatic rings. The summed E-state index contributed by atoms with van der Waals surface area (Å²) >= 11 is 3.29. The van der Waals surface area contributed by atoms with E-state index in [1.807, 2.05) is 0 Å². The minimum atomic E-state index is -4.53. The second-order valence-electron chi connectivity index (χ2n) is 7.34. The number of hydrogen-bond donors (Lipinski definition) is 2. The Morgan fingerprint density at radius 2 is 1.71 bits per heavy atom. The average Bonchev–Trinajstić information content (AvgIpc) is 2.65. The SMILES string of the molecule is CC(C)(C)OC(=O)c1ccc(Nc2nc(NCCCBr)nc(OCC(F)(F)F)n2)cc1. The normalized spacial score (nSPS) is 11.7. The van der Waals surface area contributed by atoms with Gasteiger partial charge in [0.05, 0.1) is 5.56 Å². The molecule has 0 bridgehead atoms. The van der Waals surface area contributed by atoms with Gasteiger partial charge in [-0.2, -0.15) is 28.1 Å². The minimum absolute atomic E-state index is 0.0152. The molecule has 2 rings (SSSR count). The largest absolute Gasteiger partial charge is 0.456 e. The molecular weight excluding hydrogens is 483 g/mol. The molecule has 0 spiro atoms. The van der Waals surface area contributed by atoms with Crippen LogP contribution in [0.2, 0.25) is 0 Å². The molecule has 0 saturated heterocycles. The van der Waals surface area contributed by atoms with Crippen molar-refractivity contribution in [2.75, 3.05) is 29.1 Å². The van der Waals surface area contributed by atoms with Crippen LogP contribution in [-0.2, 0) is 4.74 Å². The van der Waals surface area contributed by atoms with Crippen LogP contribution in [0.4, 0.5) is 30.8 Å². The fourth-order valence-electron chi connectivity index (χ4n) is 2.13. The van der Waals surface area contributed by atoms with E-state index in [1.54, 1.807) is 45.0 Å². The highest BCUT2D eigenvalue weighted by atomic mass is 79.9. The number of nitrogens with zero attached hydrogens (tertiary/aromatic N) is 3. The first-order chi connectivity index (χ1) is 14.4. The number of rotatable bonds is 9. The molecule has 0 unspecified atom stereocenters. The molecule has 1 heterocycles. The summed E-state index contributed by atoms with van der Waals surface area (Å²) < 4.78 is 47.4. The monoisotopic (exact) mass is 505 g/mol. The fraction of sp³-hybridized carbons (Fsp3) is 0.474. The zero-order valence-corrected chi connectivity index (χ0v) is 18.8. The van der Waals surface area contributed by atoms with Crippen molar-refractivity contribution in [3.8, 4) is 6.01 Å². The van der Waals surface area contributed by atoms with Crippen molar-refractivity contribution in [2.24, 2.45) is 0 Å². The Balaban J connectivity index is 2.15. The maximum atomic E-state index is 12.5. The molecular formula is C19H23BrF3N5O3. The number of benzene rings is 1. The highest BCUT2D eigenvalue weighted by Crippen LogP contribution is 2.21. The molecule has 0 atom stereocenters. The second-order valence-corrected chi connectivity index (χ2v) is 8.14. The Labute approximate surface area is 186 Å². The zero-order chi connectivity index (χ0) is 23.1. The Kier molecular flexibility index (Phi) is 8.43. The van der Waals surface area contributed by atoms with Crippen molar-refractivity contribution in [1.29, 1.82) is 0 Å². The van der Waals surface area contributed by atoms with Gasteiger partial charge in [0.15, 0.2) is 6.61 Å². The van der Waals surface area contributed by atoms with Crippen LogP contribution in [0.15, 0.2) is 24.3 Å². The first-order valence-corrected chi connectivity index (χ1v) is 10.4. The lowest BCUT2D eigenvalue weighted by atomic mass is 10.1. The zero-order valence-electron chi connectivity index (χ0n) is 17.2. The quantitative estimate of drug-likeness (QED) is 0.287. The number of anilines is 3. The number of carbonyl (C=O) groups excluding carboxylic acids is 1. The number of ether oxygens (including phenoxy) is 2. The van der Waals surface area contributed by atoms with Gasteiger partial charge in [-0.05, 0) is 51.5 Å². The van der Waals surface area contributed by atoms with Crippen LogP contribution in [0.3, 0.4) is 0 Å². The van der Waals surface area contributed by atoms with Gasteiger partial charge in [0.1, 0.15) is 5.60 Å². The molecule has 1 aromatic heterocycles. The smallest absolute Gasteiger partial charge is 0.422 e. The maximum Gasteiger partial charge on any atom is 0.422 e. The summed E-state index contributed by atoms with van der Waals surface area (Å²) in [6.07, 6.45) is -3.78. The Morgan fingerprint density at radius 1 is 1.06 bits per heavy atom. The summed E-state index contributed by atoms with van der Waals surface area (Å²) in [6, 6.07) is 5.82. The van der Waals surface area contributed by atoms with Crippen LogP contribution in [-0.4, -0.2) is 51.2 Å². The highest BCUT2D eigenvalue weighted by molar-refractivity contribution is 9.09. The van der Waals surface area contributed by atoms with E-state index < -0.39 is 30.4 Å². The van der Waals surface area contributed by atoms with Gasteiger partial charge in [0.2, 0.25) is 11.9 Å². The van der Waals surface area contributed by atoms with E-state index in [0.717, 1.165) is 11.8 Å². The molecule has 31 heavy (non-hydrogen) atoms. The van der Waals surface area contributed by atoms with Gasteiger partial charge in [-0.3, -0.25) is 0 Å². The highest BCUT2D eigenvalue weighted by Gasteiger charge is 2.29. The van der Waals surface area contributed by atoms with Crippen molar-refractivity contribution in [1.82, 2.24) is 15.0 Å². The topological polar surface area (TPSA) is 98.3 Å². The Bertz CT molecular complexity index is 874. The van der Waals surface area contributed by atoms with Gasteiger partial charge in [0.25, 0.3) is 0 Å². The van der Waals surface area contributed by atoms with Gasteiger partial charge >= 0.3 is 18.2 Å². The standard InChI is InChI=1S/C19H23BrF3N5O3/c1-18(2,3)31-14(29)12-5-7-13(8-6-12)25-16-26-15(24-10-4-9-20)27-17(28-16)30-11-19(21,22)23/h5-8H,4,9-11H2,1-3H3,(H2,24,25,26,27,28). The van der Waals surface area contributed by atoms with Gasteiger partial charge < -0.3 is 20.1 Å².